The third-order valence-electron chi connectivity index (χ3n) is 5.20. The van der Waals surface area contributed by atoms with Crippen LogP contribution in [0.15, 0.2) is 12.1 Å². The number of hydrogen-bond acceptors (Lipinski definition) is 4. The van der Waals surface area contributed by atoms with Crippen molar-refractivity contribution in [2.24, 2.45) is 11.8 Å². The Kier molecular flexibility index (Phi) is 5.41. The van der Waals surface area contributed by atoms with Crippen LogP contribution in [0.4, 0.5) is 13.2 Å². The minimum absolute atomic E-state index is 0.0353. The van der Waals surface area contributed by atoms with E-state index in [9.17, 15) is 22.8 Å². The van der Waals surface area contributed by atoms with Gasteiger partial charge >= 0.3 is 6.18 Å². The first-order valence-electron chi connectivity index (χ1n) is 8.95. The zero-order chi connectivity index (χ0) is 19.8. The summed E-state index contributed by atoms with van der Waals surface area (Å²) in [5.41, 5.74) is -0.848. The number of hydrogen-bond donors (Lipinski definition) is 1. The summed E-state index contributed by atoms with van der Waals surface area (Å²) in [6.45, 7) is 4.56. The van der Waals surface area contributed by atoms with Gasteiger partial charge in [0, 0.05) is 26.2 Å². The smallest absolute Gasteiger partial charge is 0.355 e. The molecule has 2 fully saturated rings. The number of nitrogens with zero attached hydrogens (tertiary/aromatic N) is 3. The first-order chi connectivity index (χ1) is 12.6. The molecule has 6 nitrogen and oxygen atoms in total. The zero-order valence-corrected chi connectivity index (χ0v) is 15.3. The third kappa shape index (κ3) is 4.40. The maximum absolute atomic E-state index is 12.7. The molecular formula is C18H23F3N4O2. The Morgan fingerprint density at radius 1 is 1.26 bits per heavy atom. The van der Waals surface area contributed by atoms with E-state index in [-0.39, 0.29) is 36.2 Å². The minimum atomic E-state index is -4.54. The maximum atomic E-state index is 12.7. The number of rotatable bonds is 4. The number of pyridine rings is 1. The van der Waals surface area contributed by atoms with Gasteiger partial charge in [-0.25, -0.2) is 4.98 Å². The molecule has 1 N–H and O–H groups in total. The summed E-state index contributed by atoms with van der Waals surface area (Å²) in [6, 6.07) is 1.96. The zero-order valence-electron chi connectivity index (χ0n) is 15.3. The Morgan fingerprint density at radius 2 is 1.96 bits per heavy atom. The highest BCUT2D eigenvalue weighted by Gasteiger charge is 2.38. The second-order valence-electron chi connectivity index (χ2n) is 7.40. The lowest BCUT2D eigenvalue weighted by Gasteiger charge is -2.38. The highest BCUT2D eigenvalue weighted by Crippen LogP contribution is 2.29. The van der Waals surface area contributed by atoms with Crippen LogP contribution < -0.4 is 5.32 Å². The van der Waals surface area contributed by atoms with Gasteiger partial charge in [0.1, 0.15) is 5.69 Å². The van der Waals surface area contributed by atoms with Crippen molar-refractivity contribution in [3.05, 3.63) is 29.1 Å². The van der Waals surface area contributed by atoms with Crippen molar-refractivity contribution in [1.82, 2.24) is 20.1 Å². The van der Waals surface area contributed by atoms with Crippen molar-refractivity contribution >= 4 is 11.8 Å². The molecule has 0 aliphatic carbocycles. The molecule has 0 aromatic carbocycles. The molecule has 1 aromatic rings. The summed E-state index contributed by atoms with van der Waals surface area (Å²) in [4.78, 5) is 31.8. The normalized spacial score (nSPS) is 21.2. The largest absolute Gasteiger partial charge is 0.433 e. The van der Waals surface area contributed by atoms with Gasteiger partial charge in [-0.3, -0.25) is 9.59 Å². The minimum Gasteiger partial charge on any atom is -0.355 e. The predicted molar refractivity (Wildman–Crippen MR) is 92.0 cm³/mol. The van der Waals surface area contributed by atoms with Gasteiger partial charge in [0.05, 0.1) is 17.2 Å². The molecule has 27 heavy (non-hydrogen) atoms. The van der Waals surface area contributed by atoms with E-state index in [0.29, 0.717) is 12.5 Å². The molecule has 1 unspecified atom stereocenters. The number of carbonyl (C=O) groups is 2. The van der Waals surface area contributed by atoms with Crippen LogP contribution in [-0.2, 0) is 11.0 Å². The van der Waals surface area contributed by atoms with Gasteiger partial charge in [-0.15, -0.1) is 0 Å². The van der Waals surface area contributed by atoms with Crippen molar-refractivity contribution < 1.29 is 22.8 Å². The second-order valence-corrected chi connectivity index (χ2v) is 7.40. The standard InChI is InChI=1S/C18H23F3N4O2/c1-11-14(3-4-15(23-11)18(19,20)21)17(27)25-9-13(10-25)16(26)22-7-12-5-6-24(2)8-12/h3-4,12-13H,5-10H2,1-2H3,(H,22,26). The molecule has 9 heteroatoms. The highest BCUT2D eigenvalue weighted by atomic mass is 19.4. The lowest BCUT2D eigenvalue weighted by molar-refractivity contribution is -0.141. The Bertz CT molecular complexity index is 732. The number of likely N-dealkylation sites (tertiary alicyclic amines) is 2. The number of nitrogens with one attached hydrogen (secondary N) is 1. The summed E-state index contributed by atoms with van der Waals surface area (Å²) in [6.07, 6.45) is -3.48. The molecule has 1 aromatic heterocycles. The van der Waals surface area contributed by atoms with Crippen LogP contribution in [0.3, 0.4) is 0 Å². The van der Waals surface area contributed by atoms with E-state index in [1.54, 1.807) is 0 Å². The first kappa shape index (κ1) is 19.6. The van der Waals surface area contributed by atoms with Gasteiger partial charge in [-0.1, -0.05) is 0 Å². The van der Waals surface area contributed by atoms with E-state index in [4.69, 9.17) is 0 Å². The van der Waals surface area contributed by atoms with E-state index in [2.05, 4.69) is 22.2 Å². The average molecular weight is 384 g/mol. The second kappa shape index (κ2) is 7.46. The molecule has 2 aliphatic heterocycles. The number of amides is 2. The van der Waals surface area contributed by atoms with Gasteiger partial charge in [-0.05, 0) is 45.0 Å². The molecule has 2 amide bonds. The molecule has 0 saturated carbocycles. The number of aryl methyl sites for hydroxylation is 1. The van der Waals surface area contributed by atoms with Gasteiger partial charge < -0.3 is 15.1 Å². The van der Waals surface area contributed by atoms with Crippen LogP contribution in [0, 0.1) is 18.8 Å². The van der Waals surface area contributed by atoms with E-state index < -0.39 is 17.8 Å². The molecule has 1 atom stereocenters. The van der Waals surface area contributed by atoms with Gasteiger partial charge in [0.2, 0.25) is 5.91 Å². The molecule has 0 radical (unpaired) electrons. The van der Waals surface area contributed by atoms with Crippen LogP contribution in [0.5, 0.6) is 0 Å². The van der Waals surface area contributed by atoms with Gasteiger partial charge in [0.15, 0.2) is 0 Å². The summed E-state index contributed by atoms with van der Waals surface area (Å²) in [5, 5.41) is 2.94. The van der Waals surface area contributed by atoms with Crippen molar-refractivity contribution in [3.8, 4) is 0 Å². The van der Waals surface area contributed by atoms with Crippen molar-refractivity contribution in [2.75, 3.05) is 39.8 Å². The summed E-state index contributed by atoms with van der Waals surface area (Å²) in [5.74, 6) is -0.278. The van der Waals surface area contributed by atoms with E-state index in [1.807, 2.05) is 0 Å². The molecule has 2 saturated heterocycles. The predicted octanol–water partition coefficient (Wildman–Crippen LogP) is 1.55. The summed E-state index contributed by atoms with van der Waals surface area (Å²) >= 11 is 0. The van der Waals surface area contributed by atoms with Gasteiger partial charge in [0.25, 0.3) is 5.91 Å². The molecule has 148 valence electrons. The average Bonchev–Trinajstić information content (AvgIpc) is 2.96. The van der Waals surface area contributed by atoms with Crippen LogP contribution in [0.2, 0.25) is 0 Å². The topological polar surface area (TPSA) is 65.5 Å². The Morgan fingerprint density at radius 3 is 2.52 bits per heavy atom. The molecule has 3 heterocycles. The fourth-order valence-electron chi connectivity index (χ4n) is 3.51. The fourth-order valence-corrected chi connectivity index (χ4v) is 3.51. The van der Waals surface area contributed by atoms with Crippen molar-refractivity contribution in [2.45, 2.75) is 19.5 Å². The van der Waals surface area contributed by atoms with Gasteiger partial charge in [-0.2, -0.15) is 13.2 Å². The Hall–Kier alpha value is -2.16. The van der Waals surface area contributed by atoms with E-state index in [0.717, 1.165) is 31.6 Å². The van der Waals surface area contributed by atoms with E-state index >= 15 is 0 Å². The van der Waals surface area contributed by atoms with E-state index in [1.165, 1.54) is 11.8 Å². The van der Waals surface area contributed by atoms with Crippen molar-refractivity contribution in [3.63, 3.8) is 0 Å². The first-order valence-corrected chi connectivity index (χ1v) is 8.95. The van der Waals surface area contributed by atoms with Crippen LogP contribution in [0.1, 0.15) is 28.2 Å². The molecule has 2 aliphatic rings. The van der Waals surface area contributed by atoms with Crippen molar-refractivity contribution in [1.29, 1.82) is 0 Å². The molecular weight excluding hydrogens is 361 g/mol. The number of halogens is 3. The van der Waals surface area contributed by atoms with Crippen LogP contribution >= 0.6 is 0 Å². The van der Waals surface area contributed by atoms with Crippen LogP contribution in [-0.4, -0.2) is 66.4 Å². The van der Waals surface area contributed by atoms with Crippen LogP contribution in [0.25, 0.3) is 0 Å². The lowest BCUT2D eigenvalue weighted by atomic mass is 9.97. The molecule has 0 spiro atoms. The summed E-state index contributed by atoms with van der Waals surface area (Å²) in [7, 11) is 2.05. The quantitative estimate of drug-likeness (QED) is 0.856. The molecule has 0 bridgehead atoms. The Balaban J connectivity index is 1.50. The monoisotopic (exact) mass is 384 g/mol. The highest BCUT2D eigenvalue weighted by molar-refractivity contribution is 5.97. The number of aromatic nitrogens is 1. The lowest BCUT2D eigenvalue weighted by Crippen LogP contribution is -2.56. The number of alkyl halides is 3. The molecule has 3 rings (SSSR count). The fraction of sp³-hybridized carbons (Fsp3) is 0.611. The Labute approximate surface area is 155 Å². The summed E-state index contributed by atoms with van der Waals surface area (Å²) < 4.78 is 38.0. The number of carbonyl (C=O) groups excluding carboxylic acids is 2. The third-order valence-corrected chi connectivity index (χ3v) is 5.20. The SMILES string of the molecule is Cc1nc(C(F)(F)F)ccc1C(=O)N1CC(C(=O)NCC2CCN(C)C2)C1. The maximum Gasteiger partial charge on any atom is 0.433 e.